The topological polar surface area (TPSA) is 84.8 Å². The molecule has 1 spiro atoms. The average molecular weight is 682 g/mol. The highest BCUT2D eigenvalue weighted by Gasteiger charge is 2.52. The highest BCUT2D eigenvalue weighted by Crippen LogP contribution is 2.62. The number of anilines is 2. The fraction of sp³-hybridized carbons (Fsp3) is 0.106. The van der Waals surface area contributed by atoms with Crippen LogP contribution in [0.25, 0.3) is 0 Å². The number of para-hydroxylation sites is 3. The molecule has 0 amide bonds. The van der Waals surface area contributed by atoms with E-state index in [2.05, 4.69) is 102 Å². The Hall–Kier alpha value is -7.02. The molecule has 0 bridgehead atoms. The van der Waals surface area contributed by atoms with Gasteiger partial charge >= 0.3 is 0 Å². The smallest absolute Gasteiger partial charge is 0.159 e. The van der Waals surface area contributed by atoms with Crippen LogP contribution in [0.2, 0.25) is 0 Å². The van der Waals surface area contributed by atoms with Crippen molar-refractivity contribution in [1.29, 1.82) is 10.5 Å². The number of nitriles is 2. The number of amidine groups is 1. The van der Waals surface area contributed by atoms with Crippen LogP contribution in [0.15, 0.2) is 178 Å². The molecule has 6 heteroatoms. The molecule has 0 saturated carbocycles. The van der Waals surface area contributed by atoms with Crippen molar-refractivity contribution in [2.45, 2.75) is 24.7 Å². The molecule has 0 fully saturated rings. The first-order chi connectivity index (χ1) is 26.2. The van der Waals surface area contributed by atoms with E-state index in [1.54, 1.807) is 0 Å². The maximum absolute atomic E-state index is 10.9. The van der Waals surface area contributed by atoms with Gasteiger partial charge < -0.3 is 9.64 Å². The van der Waals surface area contributed by atoms with E-state index in [-0.39, 0.29) is 5.92 Å². The Balaban J connectivity index is 1.18. The van der Waals surface area contributed by atoms with Crippen LogP contribution in [-0.4, -0.2) is 11.5 Å². The summed E-state index contributed by atoms with van der Waals surface area (Å²) in [7, 11) is 0. The molecule has 250 valence electrons. The van der Waals surface area contributed by atoms with Crippen LogP contribution in [0.1, 0.15) is 52.6 Å². The summed E-state index contributed by atoms with van der Waals surface area (Å²) < 4.78 is 6.56. The number of ether oxygens (including phenoxy) is 1. The number of allylic oxidation sites excluding steroid dienone is 7. The second-order valence-electron chi connectivity index (χ2n) is 13.7. The summed E-state index contributed by atoms with van der Waals surface area (Å²) in [4.78, 5) is 12.3. The summed E-state index contributed by atoms with van der Waals surface area (Å²) in [5.74, 6) is 2.08. The summed E-state index contributed by atoms with van der Waals surface area (Å²) in [6.45, 7) is 0. The minimum atomic E-state index is -0.578. The van der Waals surface area contributed by atoms with Crippen molar-refractivity contribution in [3.63, 3.8) is 0 Å². The van der Waals surface area contributed by atoms with Gasteiger partial charge in [0.1, 0.15) is 23.6 Å². The Labute approximate surface area is 308 Å². The number of hydrogen-bond donors (Lipinski definition) is 0. The first-order valence-electron chi connectivity index (χ1n) is 18.0. The lowest BCUT2D eigenvalue weighted by Crippen LogP contribution is -2.42. The number of nitrogens with zero attached hydrogens (tertiary/aromatic N) is 5. The van der Waals surface area contributed by atoms with E-state index >= 15 is 0 Å². The van der Waals surface area contributed by atoms with Crippen LogP contribution in [0.4, 0.5) is 11.4 Å². The number of fused-ring (bicyclic) bond motifs is 8. The maximum atomic E-state index is 10.9. The third-order valence-corrected chi connectivity index (χ3v) is 11.0. The van der Waals surface area contributed by atoms with Crippen LogP contribution < -0.4 is 9.64 Å². The molecule has 3 heterocycles. The van der Waals surface area contributed by atoms with Crippen molar-refractivity contribution in [1.82, 2.24) is 0 Å². The molecule has 2 aliphatic carbocycles. The van der Waals surface area contributed by atoms with E-state index < -0.39 is 5.41 Å². The number of benzene rings is 5. The molecule has 0 N–H and O–H groups in total. The summed E-state index contributed by atoms with van der Waals surface area (Å²) in [6, 6.07) is 46.3. The van der Waals surface area contributed by atoms with Gasteiger partial charge in [0, 0.05) is 28.3 Å². The van der Waals surface area contributed by atoms with Gasteiger partial charge in [-0.15, -0.1) is 0 Å². The number of aliphatic imine (C=N–C) groups is 2. The predicted molar refractivity (Wildman–Crippen MR) is 207 cm³/mol. The second-order valence-corrected chi connectivity index (χ2v) is 13.7. The minimum absolute atomic E-state index is 0.195. The highest BCUT2D eigenvalue weighted by atomic mass is 16.5. The summed E-state index contributed by atoms with van der Waals surface area (Å²) in [5, 5.41) is 21.0. The van der Waals surface area contributed by atoms with E-state index in [0.29, 0.717) is 23.4 Å². The quantitative estimate of drug-likeness (QED) is 0.190. The first kappa shape index (κ1) is 30.8. The maximum Gasteiger partial charge on any atom is 0.159 e. The summed E-state index contributed by atoms with van der Waals surface area (Å²) >= 11 is 0. The Morgan fingerprint density at radius 3 is 2.15 bits per heavy atom. The molecular weight excluding hydrogens is 651 g/mol. The van der Waals surface area contributed by atoms with Gasteiger partial charge in [-0.25, -0.2) is 9.98 Å². The molecule has 6 nitrogen and oxygen atoms in total. The zero-order valence-electron chi connectivity index (χ0n) is 28.7. The molecule has 0 aromatic heterocycles. The van der Waals surface area contributed by atoms with Crippen molar-refractivity contribution < 1.29 is 4.74 Å². The van der Waals surface area contributed by atoms with Crippen LogP contribution in [0.5, 0.6) is 11.5 Å². The van der Waals surface area contributed by atoms with E-state index in [9.17, 15) is 10.5 Å². The molecule has 10 rings (SSSR count). The van der Waals surface area contributed by atoms with Gasteiger partial charge in [0.2, 0.25) is 0 Å². The lowest BCUT2D eigenvalue weighted by molar-refractivity contribution is 0.427. The zero-order valence-corrected chi connectivity index (χ0v) is 28.7. The second kappa shape index (κ2) is 12.0. The number of hydrogen-bond acceptors (Lipinski definition) is 6. The normalized spacial score (nSPS) is 18.7. The first-order valence-corrected chi connectivity index (χ1v) is 18.0. The summed E-state index contributed by atoms with van der Waals surface area (Å²) in [5.41, 5.74) is 11.3. The minimum Gasteiger partial charge on any atom is -0.457 e. The van der Waals surface area contributed by atoms with Gasteiger partial charge in [-0.2, -0.15) is 10.5 Å². The van der Waals surface area contributed by atoms with Crippen LogP contribution in [0, 0.1) is 28.6 Å². The SMILES string of the molecule is N#CC1=C2N=C(c3ccccc3)N=C(c3ccc(N4C5=C(CCC=C5)C5(c6ccccc6Oc6ccccc65)c5ccccc54)c(C#N)c3)C2CC=C1. The van der Waals surface area contributed by atoms with Crippen molar-refractivity contribution in [2.24, 2.45) is 15.9 Å². The average Bonchev–Trinajstić information content (AvgIpc) is 3.23. The van der Waals surface area contributed by atoms with E-state index in [1.165, 1.54) is 5.57 Å². The Morgan fingerprint density at radius 2 is 1.40 bits per heavy atom. The fourth-order valence-corrected chi connectivity index (χ4v) is 8.86. The van der Waals surface area contributed by atoms with E-state index in [0.717, 1.165) is 80.6 Å². The molecule has 5 aromatic carbocycles. The Bertz CT molecular complexity index is 2620. The van der Waals surface area contributed by atoms with Gasteiger partial charge in [0.25, 0.3) is 0 Å². The standard InChI is InChI=1S/C47H31N5O/c48-28-32-15-12-16-34-44(50-46(51-45(32)34)30-13-2-1-3-14-30)31-25-26-39(33(27-31)29-49)52-40-21-8-4-17-35(40)47(36-18-5-9-22-41(36)52)37-19-6-10-23-42(37)53-43-24-11-7-20-38(43)47/h1-4,6-15,17,19-27,34H,5,16,18H2. The van der Waals surface area contributed by atoms with E-state index in [4.69, 9.17) is 14.7 Å². The molecule has 5 aliphatic rings. The van der Waals surface area contributed by atoms with Crippen molar-refractivity contribution in [3.8, 4) is 23.6 Å². The van der Waals surface area contributed by atoms with Gasteiger partial charge in [0.05, 0.1) is 39.3 Å². The third-order valence-electron chi connectivity index (χ3n) is 11.0. The van der Waals surface area contributed by atoms with E-state index in [1.807, 2.05) is 60.7 Å². The van der Waals surface area contributed by atoms with Crippen LogP contribution in [0.3, 0.4) is 0 Å². The highest BCUT2D eigenvalue weighted by molar-refractivity contribution is 6.16. The van der Waals surface area contributed by atoms with Gasteiger partial charge in [0.15, 0.2) is 5.84 Å². The molecule has 53 heavy (non-hydrogen) atoms. The van der Waals surface area contributed by atoms with Crippen molar-refractivity contribution in [2.75, 3.05) is 4.90 Å². The third kappa shape index (κ3) is 4.49. The monoisotopic (exact) mass is 681 g/mol. The molecular formula is C47H31N5O. The zero-order chi connectivity index (χ0) is 35.5. The fourth-order valence-electron chi connectivity index (χ4n) is 8.86. The largest absolute Gasteiger partial charge is 0.457 e. The lowest BCUT2D eigenvalue weighted by Gasteiger charge is -2.50. The van der Waals surface area contributed by atoms with Crippen LogP contribution in [-0.2, 0) is 5.41 Å². The van der Waals surface area contributed by atoms with Crippen molar-refractivity contribution >= 4 is 22.9 Å². The van der Waals surface area contributed by atoms with Gasteiger partial charge in [-0.05, 0) is 78.4 Å². The van der Waals surface area contributed by atoms with Gasteiger partial charge in [-0.1, -0.05) is 103 Å². The Morgan fingerprint density at radius 1 is 0.679 bits per heavy atom. The molecule has 1 unspecified atom stereocenters. The van der Waals surface area contributed by atoms with Crippen molar-refractivity contribution in [3.05, 3.63) is 202 Å². The number of rotatable bonds is 3. The molecule has 3 aliphatic heterocycles. The van der Waals surface area contributed by atoms with Crippen LogP contribution >= 0.6 is 0 Å². The molecule has 0 radical (unpaired) electrons. The molecule has 0 saturated heterocycles. The molecule has 1 atom stereocenters. The van der Waals surface area contributed by atoms with Gasteiger partial charge in [-0.3, -0.25) is 0 Å². The Kier molecular flexibility index (Phi) is 7.00. The predicted octanol–water partition coefficient (Wildman–Crippen LogP) is 10.4. The lowest BCUT2D eigenvalue weighted by atomic mass is 9.59. The molecule has 5 aromatic rings. The summed E-state index contributed by atoms with van der Waals surface area (Å²) in [6.07, 6.45) is 10.8.